The predicted molar refractivity (Wildman–Crippen MR) is 92.4 cm³/mol. The van der Waals surface area contributed by atoms with Gasteiger partial charge in [0.25, 0.3) is 0 Å². The van der Waals surface area contributed by atoms with Gasteiger partial charge in [0.05, 0.1) is 12.8 Å². The summed E-state index contributed by atoms with van der Waals surface area (Å²) in [4.78, 5) is 12.7. The smallest absolute Gasteiger partial charge is 0.203 e. The number of nitrogens with two attached hydrogens (primary N) is 1. The van der Waals surface area contributed by atoms with Crippen LogP contribution in [0.15, 0.2) is 36.4 Å². The second kappa shape index (κ2) is 7.18. The highest BCUT2D eigenvalue weighted by molar-refractivity contribution is 6.00. The number of hydrogen-bond acceptors (Lipinski definition) is 4. The fraction of sp³-hybridized carbons (Fsp3) is 0.316. The van der Waals surface area contributed by atoms with E-state index in [1.165, 1.54) is 0 Å². The Bertz CT molecular complexity index is 710. The predicted octanol–water partition coefficient (Wildman–Crippen LogP) is 3.93. The summed E-state index contributed by atoms with van der Waals surface area (Å²) in [5.41, 5.74) is 9.10. The van der Waals surface area contributed by atoms with Crippen LogP contribution in [0.4, 0.5) is 5.69 Å². The molecule has 2 aromatic carbocycles. The number of aryl methyl sites for hydroxylation is 2. The van der Waals surface area contributed by atoms with Crippen molar-refractivity contribution in [1.29, 1.82) is 0 Å². The molecule has 4 heteroatoms. The summed E-state index contributed by atoms with van der Waals surface area (Å²) in [7, 11) is 1.61. The van der Waals surface area contributed by atoms with Crippen molar-refractivity contribution in [1.82, 2.24) is 0 Å². The molecule has 4 nitrogen and oxygen atoms in total. The topological polar surface area (TPSA) is 61.5 Å². The fourth-order valence-electron chi connectivity index (χ4n) is 2.47. The van der Waals surface area contributed by atoms with Crippen molar-refractivity contribution >= 4 is 11.5 Å². The molecule has 0 amide bonds. The third-order valence-electron chi connectivity index (χ3n) is 3.78. The molecular weight excluding hydrogens is 290 g/mol. The average Bonchev–Trinajstić information content (AvgIpc) is 2.53. The van der Waals surface area contributed by atoms with Crippen LogP contribution >= 0.6 is 0 Å². The van der Waals surface area contributed by atoms with Gasteiger partial charge in [-0.25, -0.2) is 0 Å². The summed E-state index contributed by atoms with van der Waals surface area (Å²) >= 11 is 0. The van der Waals surface area contributed by atoms with E-state index in [9.17, 15) is 4.79 Å². The van der Waals surface area contributed by atoms with Crippen molar-refractivity contribution in [3.05, 3.63) is 53.1 Å². The summed E-state index contributed by atoms with van der Waals surface area (Å²) < 4.78 is 11.1. The summed E-state index contributed by atoms with van der Waals surface area (Å²) in [6, 6.07) is 10.9. The fourth-order valence-corrected chi connectivity index (χ4v) is 2.47. The molecule has 2 rings (SSSR count). The van der Waals surface area contributed by atoms with Crippen LogP contribution in [0.3, 0.4) is 0 Å². The molecule has 2 aromatic rings. The van der Waals surface area contributed by atoms with E-state index < -0.39 is 6.10 Å². The van der Waals surface area contributed by atoms with Crippen LogP contribution in [0.25, 0.3) is 0 Å². The minimum absolute atomic E-state index is 0.0572. The van der Waals surface area contributed by atoms with Crippen LogP contribution in [0.5, 0.6) is 11.5 Å². The monoisotopic (exact) mass is 313 g/mol. The maximum atomic E-state index is 12.7. The molecule has 0 fully saturated rings. The molecule has 0 saturated heterocycles. The number of carbonyl (C=O) groups is 1. The van der Waals surface area contributed by atoms with Crippen LogP contribution in [0.1, 0.15) is 34.8 Å². The van der Waals surface area contributed by atoms with Gasteiger partial charge in [-0.15, -0.1) is 0 Å². The summed E-state index contributed by atoms with van der Waals surface area (Å²) in [6.45, 7) is 5.79. The number of ether oxygens (including phenoxy) is 2. The maximum Gasteiger partial charge on any atom is 0.203 e. The summed E-state index contributed by atoms with van der Waals surface area (Å²) in [5, 5.41) is 0. The molecule has 0 aliphatic rings. The van der Waals surface area contributed by atoms with Gasteiger partial charge < -0.3 is 15.2 Å². The second-order valence-corrected chi connectivity index (χ2v) is 5.60. The van der Waals surface area contributed by atoms with Crippen molar-refractivity contribution < 1.29 is 14.3 Å². The van der Waals surface area contributed by atoms with Gasteiger partial charge in [0, 0.05) is 5.56 Å². The number of methoxy groups -OCH3 is 1. The lowest BCUT2D eigenvalue weighted by Crippen LogP contribution is -2.27. The largest absolute Gasteiger partial charge is 0.496 e. The Morgan fingerprint density at radius 3 is 2.39 bits per heavy atom. The highest BCUT2D eigenvalue weighted by Gasteiger charge is 2.21. The molecule has 0 aromatic heterocycles. The number of ketones is 1. The number of rotatable bonds is 6. The Kier molecular flexibility index (Phi) is 5.27. The Balaban J connectivity index is 2.23. The van der Waals surface area contributed by atoms with Crippen LogP contribution in [-0.2, 0) is 0 Å². The highest BCUT2D eigenvalue weighted by Crippen LogP contribution is 2.26. The number of Topliss-reactive ketones (excluding diaryl/α,β-unsaturated/α-hetero) is 1. The third kappa shape index (κ3) is 3.83. The average molecular weight is 313 g/mol. The molecule has 0 heterocycles. The minimum Gasteiger partial charge on any atom is -0.496 e. The quantitative estimate of drug-likeness (QED) is 0.648. The van der Waals surface area contributed by atoms with E-state index in [0.717, 1.165) is 16.9 Å². The highest BCUT2D eigenvalue weighted by atomic mass is 16.5. The van der Waals surface area contributed by atoms with E-state index in [2.05, 4.69) is 0 Å². The molecule has 0 radical (unpaired) electrons. The van der Waals surface area contributed by atoms with E-state index in [-0.39, 0.29) is 5.78 Å². The van der Waals surface area contributed by atoms with E-state index in [0.29, 0.717) is 23.4 Å². The van der Waals surface area contributed by atoms with Crippen molar-refractivity contribution in [2.45, 2.75) is 33.3 Å². The number of nitrogen functional groups attached to an aromatic ring is 1. The zero-order chi connectivity index (χ0) is 17.0. The van der Waals surface area contributed by atoms with Crippen LogP contribution in [0, 0.1) is 13.8 Å². The van der Waals surface area contributed by atoms with Crippen LogP contribution < -0.4 is 15.2 Å². The molecule has 1 unspecified atom stereocenters. The molecule has 23 heavy (non-hydrogen) atoms. The normalized spacial score (nSPS) is 11.8. The first-order chi connectivity index (χ1) is 11.0. The lowest BCUT2D eigenvalue weighted by molar-refractivity contribution is 0.0788. The Hall–Kier alpha value is -2.49. The summed E-state index contributed by atoms with van der Waals surface area (Å²) in [5.74, 6) is 1.25. The van der Waals surface area contributed by atoms with Crippen molar-refractivity contribution in [3.63, 3.8) is 0 Å². The van der Waals surface area contributed by atoms with Gasteiger partial charge in [0.1, 0.15) is 11.5 Å². The summed E-state index contributed by atoms with van der Waals surface area (Å²) in [6.07, 6.45) is 0.00447. The van der Waals surface area contributed by atoms with E-state index >= 15 is 0 Å². The van der Waals surface area contributed by atoms with Crippen LogP contribution in [-0.4, -0.2) is 19.0 Å². The lowest BCUT2D eigenvalue weighted by atomic mass is 10.0. The Morgan fingerprint density at radius 2 is 1.83 bits per heavy atom. The zero-order valence-electron chi connectivity index (χ0n) is 14.1. The van der Waals surface area contributed by atoms with Gasteiger partial charge in [0.15, 0.2) is 6.10 Å². The van der Waals surface area contributed by atoms with Crippen LogP contribution in [0.2, 0.25) is 0 Å². The zero-order valence-corrected chi connectivity index (χ0v) is 14.1. The molecule has 0 aliphatic carbocycles. The number of benzene rings is 2. The first kappa shape index (κ1) is 16.9. The first-order valence-corrected chi connectivity index (χ1v) is 7.68. The van der Waals surface area contributed by atoms with Gasteiger partial charge in [-0.05, 0) is 61.7 Å². The van der Waals surface area contributed by atoms with Gasteiger partial charge in [-0.2, -0.15) is 0 Å². The lowest BCUT2D eigenvalue weighted by Gasteiger charge is -2.18. The minimum atomic E-state index is -0.562. The molecule has 0 bridgehead atoms. The Morgan fingerprint density at radius 1 is 1.13 bits per heavy atom. The first-order valence-electron chi connectivity index (χ1n) is 7.68. The third-order valence-corrected chi connectivity index (χ3v) is 3.78. The van der Waals surface area contributed by atoms with Crippen molar-refractivity contribution in [2.24, 2.45) is 0 Å². The number of anilines is 1. The van der Waals surface area contributed by atoms with E-state index in [1.807, 2.05) is 39.0 Å². The molecule has 0 saturated carbocycles. The van der Waals surface area contributed by atoms with Crippen molar-refractivity contribution in [3.8, 4) is 11.5 Å². The molecule has 0 spiro atoms. The van der Waals surface area contributed by atoms with Gasteiger partial charge in [-0.3, -0.25) is 4.79 Å². The Labute approximate surface area is 137 Å². The van der Waals surface area contributed by atoms with Gasteiger partial charge in [-0.1, -0.05) is 13.0 Å². The SMILES string of the molecule is CCC(Oc1ccc(C)cc1N)C(=O)c1ccc(OC)c(C)c1. The maximum absolute atomic E-state index is 12.7. The standard InChI is InChI=1S/C19H23NO3/c1-5-16(23-18-8-6-12(2)10-15(18)20)19(21)14-7-9-17(22-4)13(3)11-14/h6-11,16H,5,20H2,1-4H3. The molecule has 2 N–H and O–H groups in total. The number of hydrogen-bond donors (Lipinski definition) is 1. The van der Waals surface area contributed by atoms with Gasteiger partial charge >= 0.3 is 0 Å². The number of carbonyl (C=O) groups excluding carboxylic acids is 1. The van der Waals surface area contributed by atoms with Gasteiger partial charge in [0.2, 0.25) is 5.78 Å². The van der Waals surface area contributed by atoms with Crippen molar-refractivity contribution in [2.75, 3.05) is 12.8 Å². The molecule has 0 aliphatic heterocycles. The molecule has 122 valence electrons. The van der Waals surface area contributed by atoms with E-state index in [1.54, 1.807) is 25.3 Å². The molecular formula is C19H23NO3. The second-order valence-electron chi connectivity index (χ2n) is 5.60. The molecule has 1 atom stereocenters. The van der Waals surface area contributed by atoms with E-state index in [4.69, 9.17) is 15.2 Å².